The minimum Gasteiger partial charge on any atom is -0.342 e. The monoisotopic (exact) mass is 336 g/mol. The van der Waals surface area contributed by atoms with Gasteiger partial charge in [0.2, 0.25) is 5.95 Å². The molecule has 5 rings (SSSR count). The molecule has 1 N–H and O–H groups in total. The number of carbonyl (C=O) groups excluding carboxylic acids is 1. The summed E-state index contributed by atoms with van der Waals surface area (Å²) < 4.78 is 2.17. The first-order chi connectivity index (χ1) is 12.2. The number of carbonyl (C=O) groups is 1. The van der Waals surface area contributed by atoms with Crippen LogP contribution in [-0.4, -0.2) is 56.7 Å². The molecule has 1 aromatic carbocycles. The van der Waals surface area contributed by atoms with Gasteiger partial charge in [-0.3, -0.25) is 9.89 Å². The second kappa shape index (κ2) is 5.34. The molecule has 2 unspecified atom stereocenters. The lowest BCUT2D eigenvalue weighted by Crippen LogP contribution is -2.33. The minimum atomic E-state index is 0.0810. The molecular formula is C18H20N6O. The van der Waals surface area contributed by atoms with Crippen molar-refractivity contribution in [2.24, 2.45) is 18.9 Å². The summed E-state index contributed by atoms with van der Waals surface area (Å²) in [5.41, 5.74) is 2.84. The van der Waals surface area contributed by atoms with Crippen molar-refractivity contribution < 1.29 is 4.79 Å². The fourth-order valence-electron chi connectivity index (χ4n) is 4.29. The number of hydrogen-bond donors (Lipinski definition) is 1. The molecule has 2 aromatic heterocycles. The summed E-state index contributed by atoms with van der Waals surface area (Å²) in [5, 5.41) is 6.59. The van der Waals surface area contributed by atoms with Crippen molar-refractivity contribution in [3.05, 3.63) is 42.2 Å². The molecular weight excluding hydrogens is 316 g/mol. The predicted octanol–water partition coefficient (Wildman–Crippen LogP) is 1.50. The van der Waals surface area contributed by atoms with Crippen LogP contribution in [-0.2, 0) is 7.05 Å². The van der Waals surface area contributed by atoms with Crippen LogP contribution in [0.1, 0.15) is 10.4 Å². The topological polar surface area (TPSA) is 70.1 Å². The van der Waals surface area contributed by atoms with Gasteiger partial charge in [-0.1, -0.05) is 12.1 Å². The maximum absolute atomic E-state index is 12.5. The molecule has 2 aliphatic rings. The second-order valence-electron chi connectivity index (χ2n) is 7.08. The van der Waals surface area contributed by atoms with Gasteiger partial charge >= 0.3 is 0 Å². The van der Waals surface area contributed by atoms with E-state index in [4.69, 9.17) is 4.98 Å². The summed E-state index contributed by atoms with van der Waals surface area (Å²) in [6.07, 6.45) is 3.27. The molecule has 0 bridgehead atoms. The molecule has 25 heavy (non-hydrogen) atoms. The van der Waals surface area contributed by atoms with Crippen LogP contribution in [0.3, 0.4) is 0 Å². The van der Waals surface area contributed by atoms with Crippen molar-refractivity contribution in [2.75, 3.05) is 31.1 Å². The Bertz CT molecular complexity index is 916. The zero-order valence-corrected chi connectivity index (χ0v) is 14.1. The number of fused-ring (bicyclic) bond motifs is 2. The largest absolute Gasteiger partial charge is 0.342 e. The fraction of sp³-hybridized carbons (Fsp3) is 0.389. The molecule has 0 saturated carbocycles. The maximum atomic E-state index is 12.5. The Morgan fingerprint density at radius 2 is 1.92 bits per heavy atom. The highest BCUT2D eigenvalue weighted by molar-refractivity contribution is 5.94. The van der Waals surface area contributed by atoms with Gasteiger partial charge in [0.15, 0.2) is 0 Å². The molecule has 2 atom stereocenters. The summed E-state index contributed by atoms with van der Waals surface area (Å²) in [7, 11) is 2.08. The number of likely N-dealkylation sites (tertiary alicyclic amines) is 1. The van der Waals surface area contributed by atoms with E-state index in [-0.39, 0.29) is 5.91 Å². The molecule has 2 fully saturated rings. The first-order valence-corrected chi connectivity index (χ1v) is 8.65. The van der Waals surface area contributed by atoms with Crippen molar-refractivity contribution in [3.8, 4) is 0 Å². The number of anilines is 1. The van der Waals surface area contributed by atoms with Crippen molar-refractivity contribution >= 4 is 22.9 Å². The van der Waals surface area contributed by atoms with Crippen LogP contribution >= 0.6 is 0 Å². The molecule has 7 heteroatoms. The van der Waals surface area contributed by atoms with E-state index < -0.39 is 0 Å². The normalized spacial score (nSPS) is 22.8. The summed E-state index contributed by atoms with van der Waals surface area (Å²) in [5.74, 6) is 2.13. The number of imidazole rings is 1. The second-order valence-corrected chi connectivity index (χ2v) is 7.08. The molecule has 3 aromatic rings. The number of hydrogen-bond acceptors (Lipinski definition) is 4. The Morgan fingerprint density at radius 3 is 2.60 bits per heavy atom. The SMILES string of the molecule is Cn1c(N2CC3CN(C(=O)c4cn[nH]c4)CC3C2)nc2ccccc21. The number of aromatic amines is 1. The first-order valence-electron chi connectivity index (χ1n) is 8.65. The van der Waals surface area contributed by atoms with E-state index >= 15 is 0 Å². The smallest absolute Gasteiger partial charge is 0.257 e. The number of H-pyrrole nitrogens is 1. The van der Waals surface area contributed by atoms with Gasteiger partial charge in [0.1, 0.15) is 0 Å². The number of nitrogens with zero attached hydrogens (tertiary/aromatic N) is 5. The lowest BCUT2D eigenvalue weighted by Gasteiger charge is -2.22. The third-order valence-corrected chi connectivity index (χ3v) is 5.57. The summed E-state index contributed by atoms with van der Waals surface area (Å²) in [4.78, 5) is 21.6. The summed E-state index contributed by atoms with van der Waals surface area (Å²) >= 11 is 0. The Balaban J connectivity index is 1.33. The van der Waals surface area contributed by atoms with Crippen LogP contribution in [0.5, 0.6) is 0 Å². The van der Waals surface area contributed by atoms with E-state index in [0.29, 0.717) is 17.4 Å². The fourth-order valence-corrected chi connectivity index (χ4v) is 4.29. The van der Waals surface area contributed by atoms with Gasteiger partial charge in [-0.2, -0.15) is 5.10 Å². The molecule has 7 nitrogen and oxygen atoms in total. The third kappa shape index (κ3) is 2.22. The summed E-state index contributed by atoms with van der Waals surface area (Å²) in [6, 6.07) is 8.23. The van der Waals surface area contributed by atoms with Crippen LogP contribution in [0.2, 0.25) is 0 Å². The van der Waals surface area contributed by atoms with E-state index in [1.807, 2.05) is 17.0 Å². The van der Waals surface area contributed by atoms with Gasteiger partial charge in [-0.25, -0.2) is 4.98 Å². The molecule has 0 radical (unpaired) electrons. The Kier molecular flexibility index (Phi) is 3.10. The van der Waals surface area contributed by atoms with Gasteiger partial charge in [0.05, 0.1) is 22.8 Å². The minimum absolute atomic E-state index is 0.0810. The van der Waals surface area contributed by atoms with E-state index in [1.165, 1.54) is 0 Å². The zero-order chi connectivity index (χ0) is 17.0. The van der Waals surface area contributed by atoms with Gasteiger partial charge < -0.3 is 14.4 Å². The highest BCUT2D eigenvalue weighted by atomic mass is 16.2. The molecule has 2 saturated heterocycles. The van der Waals surface area contributed by atoms with Crippen molar-refractivity contribution in [2.45, 2.75) is 0 Å². The number of para-hydroxylation sites is 2. The number of benzene rings is 1. The molecule has 128 valence electrons. The van der Waals surface area contributed by atoms with Gasteiger partial charge in [-0.05, 0) is 12.1 Å². The lowest BCUT2D eigenvalue weighted by molar-refractivity contribution is 0.0782. The number of aromatic nitrogens is 4. The van der Waals surface area contributed by atoms with E-state index in [0.717, 1.165) is 43.2 Å². The standard InChI is InChI=1S/C18H20N6O/c1-22-16-5-3-2-4-15(16)21-18(22)24-10-13-8-23(9-14(13)11-24)17(25)12-6-19-20-7-12/h2-7,13-14H,8-11H2,1H3,(H,19,20). The third-order valence-electron chi connectivity index (χ3n) is 5.57. The number of nitrogens with one attached hydrogen (secondary N) is 1. The molecule has 2 aliphatic heterocycles. The molecule has 4 heterocycles. The summed E-state index contributed by atoms with van der Waals surface area (Å²) in [6.45, 7) is 3.54. The maximum Gasteiger partial charge on any atom is 0.257 e. The molecule has 0 spiro atoms. The highest BCUT2D eigenvalue weighted by Crippen LogP contribution is 2.35. The average molecular weight is 336 g/mol. The quantitative estimate of drug-likeness (QED) is 0.770. The predicted molar refractivity (Wildman–Crippen MR) is 94.4 cm³/mol. The van der Waals surface area contributed by atoms with E-state index in [1.54, 1.807) is 12.4 Å². The Labute approximate surface area is 145 Å². The average Bonchev–Trinajstić information content (AvgIpc) is 3.37. The van der Waals surface area contributed by atoms with Crippen LogP contribution in [0.15, 0.2) is 36.7 Å². The van der Waals surface area contributed by atoms with E-state index in [9.17, 15) is 4.79 Å². The Morgan fingerprint density at radius 1 is 1.16 bits per heavy atom. The van der Waals surface area contributed by atoms with Crippen molar-refractivity contribution in [1.82, 2.24) is 24.6 Å². The lowest BCUT2D eigenvalue weighted by atomic mass is 10.0. The van der Waals surface area contributed by atoms with Crippen LogP contribution in [0.4, 0.5) is 5.95 Å². The number of rotatable bonds is 2. The highest BCUT2D eigenvalue weighted by Gasteiger charge is 2.42. The van der Waals surface area contributed by atoms with Crippen molar-refractivity contribution in [1.29, 1.82) is 0 Å². The van der Waals surface area contributed by atoms with Gasteiger partial charge in [0, 0.05) is 51.3 Å². The molecule has 0 aliphatic carbocycles. The van der Waals surface area contributed by atoms with Gasteiger partial charge in [-0.15, -0.1) is 0 Å². The van der Waals surface area contributed by atoms with E-state index in [2.05, 4.69) is 38.8 Å². The Hall–Kier alpha value is -2.83. The van der Waals surface area contributed by atoms with Gasteiger partial charge in [0.25, 0.3) is 5.91 Å². The van der Waals surface area contributed by atoms with Crippen LogP contribution < -0.4 is 4.90 Å². The number of aryl methyl sites for hydroxylation is 1. The molecule has 1 amide bonds. The van der Waals surface area contributed by atoms with Crippen molar-refractivity contribution in [3.63, 3.8) is 0 Å². The van der Waals surface area contributed by atoms with Crippen LogP contribution in [0.25, 0.3) is 11.0 Å². The zero-order valence-electron chi connectivity index (χ0n) is 14.1. The first kappa shape index (κ1) is 14.5. The van der Waals surface area contributed by atoms with Crippen LogP contribution in [0, 0.1) is 11.8 Å². The number of amides is 1.